The minimum absolute atomic E-state index is 0. The monoisotopic (exact) mass is 116 g/mol. The van der Waals surface area contributed by atoms with Gasteiger partial charge in [0.05, 0.1) is 0 Å². The first-order valence-corrected chi connectivity index (χ1v) is 0.781. The molecule has 0 aliphatic heterocycles. The molecule has 4 N–H and O–H groups in total. The minimum Gasteiger partial charge on any atom is -0.352 e. The van der Waals surface area contributed by atoms with E-state index >= 15 is 0 Å². The van der Waals surface area contributed by atoms with E-state index in [2.05, 4.69) is 11.5 Å². The number of carbonyl (C=O) groups excluding carboxylic acids is 1. The van der Waals surface area contributed by atoms with Gasteiger partial charge < -0.3 is 11.5 Å². The van der Waals surface area contributed by atoms with Crippen LogP contribution in [0.4, 0.5) is 4.79 Å². The molecule has 0 saturated heterocycles. The van der Waals surface area contributed by atoms with Gasteiger partial charge in [0.2, 0.25) is 0 Å². The summed E-state index contributed by atoms with van der Waals surface area (Å²) in [5, 5.41) is 0. The summed E-state index contributed by atoms with van der Waals surface area (Å²) in [5.74, 6) is 0. The van der Waals surface area contributed by atoms with E-state index in [0.29, 0.717) is 0 Å². The van der Waals surface area contributed by atoms with Crippen molar-refractivity contribution in [3.05, 3.63) is 0 Å². The molecule has 0 saturated carbocycles. The zero-order chi connectivity index (χ0) is 3.58. The molecule has 4 heteroatoms. The molecule has 0 aliphatic rings. The van der Waals surface area contributed by atoms with Gasteiger partial charge in [-0.3, -0.25) is 0 Å². The number of primary amides is 2. The summed E-state index contributed by atoms with van der Waals surface area (Å²) in [6.45, 7) is 0. The zero-order valence-corrected chi connectivity index (χ0v) is 3.52. The van der Waals surface area contributed by atoms with Crippen LogP contribution in [0.5, 0.6) is 0 Å². The van der Waals surface area contributed by atoms with Gasteiger partial charge in [-0.25, -0.2) is 4.79 Å². The van der Waals surface area contributed by atoms with Crippen LogP contribution in [0.3, 0.4) is 0 Å². The third kappa shape index (κ3) is 274. The van der Waals surface area contributed by atoms with Crippen molar-refractivity contribution in [1.29, 1.82) is 0 Å². The second kappa shape index (κ2) is 3.79. The van der Waals surface area contributed by atoms with E-state index in [1.807, 2.05) is 0 Å². The average Bonchev–Trinajstić information content (AvgIpc) is 0.811. The smallest absolute Gasteiger partial charge is 0.352 e. The molecule has 0 fully saturated rings. The van der Waals surface area contributed by atoms with Crippen LogP contribution < -0.4 is 11.5 Å². The van der Waals surface area contributed by atoms with Gasteiger partial charge in [-0.2, -0.15) is 0 Å². The topological polar surface area (TPSA) is 69.1 Å². The Hall–Kier alpha value is -0.211. The first kappa shape index (κ1) is 8.84. The Kier molecular flexibility index (Phi) is 6.70. The summed E-state index contributed by atoms with van der Waals surface area (Å²) >= 11 is 0. The van der Waals surface area contributed by atoms with Crippen LogP contribution in [0, 0.1) is 0 Å². The SMILES string of the molecule is NC(N)=O.[Fe+3]. The van der Waals surface area contributed by atoms with E-state index in [1.165, 1.54) is 0 Å². The molecular formula is CH4FeN2O+3. The van der Waals surface area contributed by atoms with Crippen LogP contribution in [-0.4, -0.2) is 6.03 Å². The molecule has 0 spiro atoms. The maximum absolute atomic E-state index is 9.00. The van der Waals surface area contributed by atoms with Gasteiger partial charge >= 0.3 is 23.1 Å². The summed E-state index contributed by atoms with van der Waals surface area (Å²) in [4.78, 5) is 9.00. The van der Waals surface area contributed by atoms with Crippen molar-refractivity contribution in [3.63, 3.8) is 0 Å². The predicted octanol–water partition coefficient (Wildman–Crippen LogP) is -0.979. The zero-order valence-electron chi connectivity index (χ0n) is 2.42. The largest absolute Gasteiger partial charge is 3.00 e. The van der Waals surface area contributed by atoms with E-state index < -0.39 is 6.03 Å². The number of carbonyl (C=O) groups is 1. The summed E-state index contributed by atoms with van der Waals surface area (Å²) < 4.78 is 0. The van der Waals surface area contributed by atoms with E-state index in [1.54, 1.807) is 0 Å². The maximum Gasteiger partial charge on any atom is 3.00 e. The molecule has 0 heterocycles. The van der Waals surface area contributed by atoms with Crippen molar-refractivity contribution >= 4 is 6.03 Å². The van der Waals surface area contributed by atoms with Crippen LogP contribution in [0.2, 0.25) is 0 Å². The van der Waals surface area contributed by atoms with Gasteiger partial charge in [0.15, 0.2) is 0 Å². The van der Waals surface area contributed by atoms with Crippen LogP contribution >= 0.6 is 0 Å². The predicted molar refractivity (Wildman–Crippen MR) is 13.8 cm³/mol. The molecule has 29 valence electrons. The first-order chi connectivity index (χ1) is 1.73. The van der Waals surface area contributed by atoms with Crippen LogP contribution in [0.15, 0.2) is 0 Å². The molecule has 0 atom stereocenters. The second-order valence-electron chi connectivity index (χ2n) is 0.402. The van der Waals surface area contributed by atoms with Crippen LogP contribution in [0.1, 0.15) is 0 Å². The molecule has 5 heavy (non-hydrogen) atoms. The van der Waals surface area contributed by atoms with Gasteiger partial charge in [0.25, 0.3) is 0 Å². The molecule has 3 nitrogen and oxygen atoms in total. The van der Waals surface area contributed by atoms with Gasteiger partial charge in [-0.1, -0.05) is 0 Å². The second-order valence-corrected chi connectivity index (χ2v) is 0.402. The van der Waals surface area contributed by atoms with Crippen molar-refractivity contribution in [2.75, 3.05) is 0 Å². The molecule has 0 aliphatic carbocycles. The Morgan fingerprint density at radius 3 is 1.40 bits per heavy atom. The summed E-state index contributed by atoms with van der Waals surface area (Å²) in [6, 6.07) is -0.833. The molecule has 0 aromatic carbocycles. The summed E-state index contributed by atoms with van der Waals surface area (Å²) in [5.41, 5.74) is 8.50. The van der Waals surface area contributed by atoms with Crippen LogP contribution in [0.25, 0.3) is 0 Å². The van der Waals surface area contributed by atoms with Gasteiger partial charge in [0.1, 0.15) is 0 Å². The molecule has 0 rings (SSSR count). The molecular weight excluding hydrogens is 112 g/mol. The van der Waals surface area contributed by atoms with Crippen molar-refractivity contribution in [3.8, 4) is 0 Å². The Labute approximate surface area is 40.2 Å². The standard InChI is InChI=1S/CH4N2O.Fe/c2-1(3)4;/h(H4,2,3,4);/q;+3. The summed E-state index contributed by atoms with van der Waals surface area (Å²) in [7, 11) is 0. The van der Waals surface area contributed by atoms with Crippen LogP contribution in [-0.2, 0) is 17.1 Å². The quantitative estimate of drug-likeness (QED) is 0.392. The number of nitrogens with two attached hydrogens (primary N) is 2. The Morgan fingerprint density at radius 1 is 1.40 bits per heavy atom. The number of hydrogen-bond acceptors (Lipinski definition) is 1. The molecule has 0 aromatic rings. The molecule has 0 aromatic heterocycles. The number of hydrogen-bond donors (Lipinski definition) is 2. The summed E-state index contributed by atoms with van der Waals surface area (Å²) in [6.07, 6.45) is 0. The number of rotatable bonds is 0. The Balaban J connectivity index is 0. The molecule has 2 amide bonds. The molecule has 0 bridgehead atoms. The van der Waals surface area contributed by atoms with Gasteiger partial charge in [0, 0.05) is 0 Å². The third-order valence-corrected chi connectivity index (χ3v) is 0. The minimum atomic E-state index is -0.833. The van der Waals surface area contributed by atoms with Gasteiger partial charge in [-0.05, 0) is 0 Å². The van der Waals surface area contributed by atoms with Crippen molar-refractivity contribution in [2.24, 2.45) is 11.5 Å². The van der Waals surface area contributed by atoms with Crippen molar-refractivity contribution < 1.29 is 21.9 Å². The van der Waals surface area contributed by atoms with E-state index in [0.717, 1.165) is 0 Å². The maximum atomic E-state index is 9.00. The van der Waals surface area contributed by atoms with E-state index in [4.69, 9.17) is 4.79 Å². The van der Waals surface area contributed by atoms with E-state index in [9.17, 15) is 0 Å². The molecule has 0 unspecified atom stereocenters. The number of urea groups is 1. The number of amides is 2. The first-order valence-electron chi connectivity index (χ1n) is 0.781. The van der Waals surface area contributed by atoms with Gasteiger partial charge in [-0.15, -0.1) is 0 Å². The Morgan fingerprint density at radius 2 is 1.40 bits per heavy atom. The fourth-order valence-electron chi connectivity index (χ4n) is 0. The normalized spacial score (nSPS) is 4.80. The fourth-order valence-corrected chi connectivity index (χ4v) is 0. The van der Waals surface area contributed by atoms with Crippen molar-refractivity contribution in [1.82, 2.24) is 0 Å². The molecule has 1 radical (unpaired) electrons. The average molecular weight is 116 g/mol. The Bertz CT molecular complexity index is 32.6. The van der Waals surface area contributed by atoms with Crippen molar-refractivity contribution in [2.45, 2.75) is 0 Å². The fraction of sp³-hybridized carbons (Fsp3) is 0. The van der Waals surface area contributed by atoms with E-state index in [-0.39, 0.29) is 17.1 Å². The third-order valence-electron chi connectivity index (χ3n) is 0.